The van der Waals surface area contributed by atoms with Crippen molar-refractivity contribution in [3.8, 4) is 0 Å². The number of benzene rings is 2. The fourth-order valence-corrected chi connectivity index (χ4v) is 4.30. The number of nitrogens with one attached hydrogen (secondary N) is 1. The molecule has 5 rings (SSSR count). The van der Waals surface area contributed by atoms with E-state index in [1.807, 2.05) is 59.0 Å². The minimum Gasteiger partial charge on any atom is -0.339 e. The van der Waals surface area contributed by atoms with Crippen LogP contribution >= 0.6 is 0 Å². The first-order chi connectivity index (χ1) is 16.1. The zero-order chi connectivity index (χ0) is 22.8. The third kappa shape index (κ3) is 4.22. The van der Waals surface area contributed by atoms with E-state index in [9.17, 15) is 9.59 Å². The van der Waals surface area contributed by atoms with Gasteiger partial charge in [0.25, 0.3) is 11.8 Å². The molecular weight excluding hydrogens is 414 g/mol. The Balaban J connectivity index is 1.39. The molecule has 0 atom stereocenters. The molecule has 0 unspecified atom stereocenters. The van der Waals surface area contributed by atoms with Gasteiger partial charge in [-0.25, -0.2) is 9.67 Å². The van der Waals surface area contributed by atoms with E-state index in [1.165, 1.54) is 0 Å². The van der Waals surface area contributed by atoms with Crippen molar-refractivity contribution in [2.24, 2.45) is 0 Å². The summed E-state index contributed by atoms with van der Waals surface area (Å²) in [7, 11) is 0. The van der Waals surface area contributed by atoms with Crippen LogP contribution in [0.25, 0.3) is 11.0 Å². The predicted octanol–water partition coefficient (Wildman–Crippen LogP) is 4.28. The van der Waals surface area contributed by atoms with Crippen molar-refractivity contribution in [3.05, 3.63) is 89.2 Å². The summed E-state index contributed by atoms with van der Waals surface area (Å²) < 4.78 is 1.82. The molecule has 2 aromatic heterocycles. The smallest absolute Gasteiger partial charge is 0.257 e. The zero-order valence-electron chi connectivity index (χ0n) is 18.5. The Hall–Kier alpha value is -4.00. The van der Waals surface area contributed by atoms with Gasteiger partial charge in [0.1, 0.15) is 0 Å². The average Bonchev–Trinajstić information content (AvgIpc) is 3.50. The van der Waals surface area contributed by atoms with Gasteiger partial charge in [0.2, 0.25) is 0 Å². The average molecular weight is 440 g/mol. The molecule has 0 aliphatic carbocycles. The highest BCUT2D eigenvalue weighted by Crippen LogP contribution is 2.24. The van der Waals surface area contributed by atoms with E-state index in [2.05, 4.69) is 15.4 Å². The second-order valence-electron chi connectivity index (χ2n) is 8.38. The van der Waals surface area contributed by atoms with Gasteiger partial charge >= 0.3 is 0 Å². The van der Waals surface area contributed by atoms with E-state index in [1.54, 1.807) is 24.5 Å². The summed E-state index contributed by atoms with van der Waals surface area (Å²) in [5.41, 5.74) is 4.19. The van der Waals surface area contributed by atoms with Crippen molar-refractivity contribution in [3.63, 3.8) is 0 Å². The van der Waals surface area contributed by atoms with Crippen LogP contribution in [0.1, 0.15) is 44.7 Å². The predicted molar refractivity (Wildman–Crippen MR) is 127 cm³/mol. The molecule has 0 saturated carbocycles. The molecule has 1 aliphatic heterocycles. The van der Waals surface area contributed by atoms with Gasteiger partial charge in [-0.2, -0.15) is 5.10 Å². The van der Waals surface area contributed by atoms with Crippen LogP contribution in [0, 0.1) is 6.92 Å². The Morgan fingerprint density at radius 3 is 2.58 bits per heavy atom. The first-order valence-corrected chi connectivity index (χ1v) is 11.2. The van der Waals surface area contributed by atoms with E-state index in [-0.39, 0.29) is 11.8 Å². The summed E-state index contributed by atoms with van der Waals surface area (Å²) in [5.74, 6) is -0.335. The van der Waals surface area contributed by atoms with Crippen molar-refractivity contribution in [1.82, 2.24) is 19.7 Å². The van der Waals surface area contributed by atoms with E-state index in [0.29, 0.717) is 23.4 Å². The van der Waals surface area contributed by atoms with Gasteiger partial charge in [0.15, 0.2) is 5.65 Å². The number of fused-ring (bicyclic) bond motifs is 1. The lowest BCUT2D eigenvalue weighted by Crippen LogP contribution is -2.29. The maximum absolute atomic E-state index is 13.1. The lowest BCUT2D eigenvalue weighted by molar-refractivity contribution is 0.0793. The molecule has 0 bridgehead atoms. The number of nitrogens with zero attached hydrogens (tertiary/aromatic N) is 4. The van der Waals surface area contributed by atoms with Gasteiger partial charge in [-0.15, -0.1) is 0 Å². The maximum Gasteiger partial charge on any atom is 0.257 e. The summed E-state index contributed by atoms with van der Waals surface area (Å²) in [5, 5.41) is 8.16. The van der Waals surface area contributed by atoms with Crippen LogP contribution in [0.3, 0.4) is 0 Å². The van der Waals surface area contributed by atoms with E-state index in [4.69, 9.17) is 0 Å². The fourth-order valence-electron chi connectivity index (χ4n) is 4.30. The van der Waals surface area contributed by atoms with Crippen molar-refractivity contribution in [1.29, 1.82) is 0 Å². The molecule has 33 heavy (non-hydrogen) atoms. The molecule has 166 valence electrons. The number of carbonyl (C=O) groups is 2. The summed E-state index contributed by atoms with van der Waals surface area (Å²) in [6.07, 6.45) is 5.31. The van der Waals surface area contributed by atoms with E-state index in [0.717, 1.165) is 48.1 Å². The second-order valence-corrected chi connectivity index (χ2v) is 8.38. The van der Waals surface area contributed by atoms with Gasteiger partial charge in [-0.05, 0) is 43.0 Å². The number of likely N-dealkylation sites (tertiary alicyclic amines) is 1. The van der Waals surface area contributed by atoms with E-state index < -0.39 is 0 Å². The minimum absolute atomic E-state index is 0.0309. The number of hydrogen-bond donors (Lipinski definition) is 1. The Kier molecular flexibility index (Phi) is 5.60. The first-order valence-electron chi connectivity index (χ1n) is 11.2. The van der Waals surface area contributed by atoms with Crippen LogP contribution in [0.15, 0.2) is 67.0 Å². The Morgan fingerprint density at radius 1 is 1.00 bits per heavy atom. The number of aryl methyl sites for hydroxylation is 1. The van der Waals surface area contributed by atoms with Gasteiger partial charge in [0.05, 0.1) is 29.6 Å². The summed E-state index contributed by atoms with van der Waals surface area (Å²) in [4.78, 5) is 32.5. The molecule has 7 nitrogen and oxygen atoms in total. The Labute approximate surface area is 192 Å². The number of rotatable bonds is 5. The van der Waals surface area contributed by atoms with Crippen LogP contribution in [-0.2, 0) is 6.54 Å². The van der Waals surface area contributed by atoms with E-state index >= 15 is 0 Å². The molecule has 0 spiro atoms. The Bertz CT molecular complexity index is 1320. The van der Waals surface area contributed by atoms with Crippen LogP contribution in [0.5, 0.6) is 0 Å². The van der Waals surface area contributed by atoms with Gasteiger partial charge in [-0.3, -0.25) is 9.59 Å². The number of pyridine rings is 1. The highest BCUT2D eigenvalue weighted by Gasteiger charge is 2.24. The largest absolute Gasteiger partial charge is 0.339 e. The lowest BCUT2D eigenvalue weighted by atomic mass is 10.0. The molecule has 7 heteroatoms. The summed E-state index contributed by atoms with van der Waals surface area (Å²) >= 11 is 0. The molecular formula is C26H25N5O2. The molecule has 1 fully saturated rings. The van der Waals surface area contributed by atoms with Gasteiger partial charge in [0, 0.05) is 24.7 Å². The van der Waals surface area contributed by atoms with Crippen molar-refractivity contribution < 1.29 is 9.59 Å². The number of carbonyl (C=O) groups excluding carboxylic acids is 2. The molecule has 0 radical (unpaired) electrons. The third-order valence-corrected chi connectivity index (χ3v) is 6.04. The maximum atomic E-state index is 13.1. The topological polar surface area (TPSA) is 80.1 Å². The van der Waals surface area contributed by atoms with Gasteiger partial charge < -0.3 is 10.2 Å². The molecule has 1 aliphatic rings. The van der Waals surface area contributed by atoms with Gasteiger partial charge in [-0.1, -0.05) is 42.5 Å². The molecule has 4 aromatic rings. The van der Waals surface area contributed by atoms with Crippen LogP contribution in [0.2, 0.25) is 0 Å². The first kappa shape index (κ1) is 20.9. The highest BCUT2D eigenvalue weighted by molar-refractivity contribution is 6.10. The van der Waals surface area contributed by atoms with Crippen LogP contribution in [-0.4, -0.2) is 44.6 Å². The van der Waals surface area contributed by atoms with Crippen molar-refractivity contribution in [2.75, 3.05) is 18.4 Å². The minimum atomic E-state index is -0.304. The normalized spacial score (nSPS) is 13.4. The number of amides is 2. The molecule has 2 aromatic carbocycles. The van der Waals surface area contributed by atoms with Crippen LogP contribution in [0.4, 0.5) is 5.69 Å². The third-order valence-electron chi connectivity index (χ3n) is 6.04. The standard InChI is InChI=1S/C26H25N5O2/c1-18-8-7-11-22(23(18)26(33)30-12-5-6-13-30)29-25(32)21-14-20-16-28-31(24(20)27-15-21)17-19-9-3-2-4-10-19/h2-4,7-11,14-16H,5-6,12-13,17H2,1H3,(H,29,32). The summed E-state index contributed by atoms with van der Waals surface area (Å²) in [6, 6.07) is 17.3. The van der Waals surface area contributed by atoms with Crippen molar-refractivity contribution in [2.45, 2.75) is 26.3 Å². The SMILES string of the molecule is Cc1cccc(NC(=O)c2cnc3c(cnn3Cc3ccccc3)c2)c1C(=O)N1CCCC1. The summed E-state index contributed by atoms with van der Waals surface area (Å²) in [6.45, 7) is 4.02. The second kappa shape index (κ2) is 8.86. The highest BCUT2D eigenvalue weighted by atomic mass is 16.2. The van der Waals surface area contributed by atoms with Crippen molar-refractivity contribution >= 4 is 28.5 Å². The molecule has 2 amide bonds. The Morgan fingerprint density at radius 2 is 1.79 bits per heavy atom. The number of anilines is 1. The zero-order valence-corrected chi connectivity index (χ0v) is 18.5. The monoisotopic (exact) mass is 439 g/mol. The number of hydrogen-bond acceptors (Lipinski definition) is 4. The van der Waals surface area contributed by atoms with Crippen LogP contribution < -0.4 is 5.32 Å². The molecule has 1 saturated heterocycles. The lowest BCUT2D eigenvalue weighted by Gasteiger charge is -2.19. The molecule has 3 heterocycles. The fraction of sp³-hybridized carbons (Fsp3) is 0.231. The molecule has 1 N–H and O–H groups in total. The number of aromatic nitrogens is 3. The quantitative estimate of drug-likeness (QED) is 0.503.